The summed E-state index contributed by atoms with van der Waals surface area (Å²) in [5.41, 5.74) is 0.381. The lowest BCUT2D eigenvalue weighted by Gasteiger charge is -2.18. The number of carbonyl (C=O) groups excluding carboxylic acids is 3. The second-order valence-electron chi connectivity index (χ2n) is 5.59. The van der Waals surface area contributed by atoms with Crippen molar-refractivity contribution in [3.05, 3.63) is 23.8 Å². The van der Waals surface area contributed by atoms with Crippen molar-refractivity contribution in [2.45, 2.75) is 46.0 Å². The molecule has 1 fully saturated rings. The van der Waals surface area contributed by atoms with Crippen LogP contribution in [0.25, 0.3) is 0 Å². The number of hydrogen-bond acceptors (Lipinski definition) is 5. The van der Waals surface area contributed by atoms with Gasteiger partial charge in [0.25, 0.3) is 0 Å². The Morgan fingerprint density at radius 1 is 1.00 bits per heavy atom. The number of esters is 2. The van der Waals surface area contributed by atoms with Gasteiger partial charge in [-0.3, -0.25) is 4.79 Å². The molecule has 0 aliphatic heterocycles. The molecule has 1 rings (SSSR count). The van der Waals surface area contributed by atoms with Gasteiger partial charge in [0, 0.05) is 5.57 Å². The SMILES string of the molecule is C=C(C)C(=O)OCCOC(=O)C(=CC1CCCCC1)C(C)=O. The van der Waals surface area contributed by atoms with E-state index in [1.165, 1.54) is 20.3 Å². The molecule has 0 bridgehead atoms. The second kappa shape index (κ2) is 9.18. The van der Waals surface area contributed by atoms with E-state index in [9.17, 15) is 14.4 Å². The van der Waals surface area contributed by atoms with Crippen LogP contribution in [0.1, 0.15) is 46.0 Å². The summed E-state index contributed by atoms with van der Waals surface area (Å²) in [4.78, 5) is 34.8. The van der Waals surface area contributed by atoms with Gasteiger partial charge in [0.05, 0.1) is 5.57 Å². The summed E-state index contributed by atoms with van der Waals surface area (Å²) >= 11 is 0. The Labute approximate surface area is 131 Å². The number of hydrogen-bond donors (Lipinski definition) is 0. The number of ketones is 1. The van der Waals surface area contributed by atoms with Gasteiger partial charge in [-0.1, -0.05) is 31.9 Å². The number of ether oxygens (including phenoxy) is 2. The zero-order valence-electron chi connectivity index (χ0n) is 13.4. The second-order valence-corrected chi connectivity index (χ2v) is 5.59. The van der Waals surface area contributed by atoms with Gasteiger partial charge >= 0.3 is 11.9 Å². The van der Waals surface area contributed by atoms with Crippen molar-refractivity contribution in [3.8, 4) is 0 Å². The van der Waals surface area contributed by atoms with E-state index in [2.05, 4.69) is 6.58 Å². The van der Waals surface area contributed by atoms with Crippen LogP contribution >= 0.6 is 0 Å². The smallest absolute Gasteiger partial charge is 0.341 e. The normalized spacial score (nSPS) is 16.0. The Kier molecular flexibility index (Phi) is 7.57. The molecule has 122 valence electrons. The van der Waals surface area contributed by atoms with E-state index in [0.717, 1.165) is 25.7 Å². The summed E-state index contributed by atoms with van der Waals surface area (Å²) in [6.45, 7) is 6.22. The van der Waals surface area contributed by atoms with E-state index >= 15 is 0 Å². The molecule has 0 atom stereocenters. The highest BCUT2D eigenvalue weighted by atomic mass is 16.6. The molecule has 0 radical (unpaired) electrons. The Morgan fingerprint density at radius 3 is 2.05 bits per heavy atom. The number of allylic oxidation sites excluding steroid dienone is 1. The van der Waals surface area contributed by atoms with Gasteiger partial charge in [0.2, 0.25) is 0 Å². The van der Waals surface area contributed by atoms with Crippen molar-refractivity contribution in [2.75, 3.05) is 13.2 Å². The Hall–Kier alpha value is -1.91. The molecular weight excluding hydrogens is 284 g/mol. The number of Topliss-reactive ketones (excluding diaryl/α,β-unsaturated/α-hetero) is 1. The van der Waals surface area contributed by atoms with Gasteiger partial charge in [0.15, 0.2) is 5.78 Å². The van der Waals surface area contributed by atoms with Crippen LogP contribution in [0.3, 0.4) is 0 Å². The van der Waals surface area contributed by atoms with Crippen molar-refractivity contribution in [3.63, 3.8) is 0 Å². The standard InChI is InChI=1S/C17H24O5/c1-12(2)16(19)21-9-10-22-17(20)15(13(3)18)11-14-7-5-4-6-8-14/h11,14H,1,4-10H2,2-3H3. The van der Waals surface area contributed by atoms with Crippen LogP contribution in [0, 0.1) is 5.92 Å². The minimum absolute atomic E-state index is 0.0496. The number of rotatable bonds is 7. The molecule has 0 N–H and O–H groups in total. The van der Waals surface area contributed by atoms with Gasteiger partial charge in [0.1, 0.15) is 13.2 Å². The summed E-state index contributed by atoms with van der Waals surface area (Å²) in [6.07, 6.45) is 7.19. The van der Waals surface area contributed by atoms with Gasteiger partial charge in [-0.05, 0) is 32.6 Å². The first kappa shape index (κ1) is 18.1. The molecule has 22 heavy (non-hydrogen) atoms. The van der Waals surface area contributed by atoms with Crippen molar-refractivity contribution in [1.82, 2.24) is 0 Å². The molecule has 0 heterocycles. The predicted octanol–water partition coefficient (Wildman–Crippen LogP) is 2.74. The lowest BCUT2D eigenvalue weighted by molar-refractivity contribution is -0.148. The largest absolute Gasteiger partial charge is 0.459 e. The topological polar surface area (TPSA) is 69.7 Å². The van der Waals surface area contributed by atoms with E-state index in [1.807, 2.05) is 0 Å². The summed E-state index contributed by atoms with van der Waals surface area (Å²) in [6, 6.07) is 0. The van der Waals surface area contributed by atoms with Crippen molar-refractivity contribution >= 4 is 17.7 Å². The van der Waals surface area contributed by atoms with Crippen LogP contribution in [0.15, 0.2) is 23.8 Å². The molecule has 5 nitrogen and oxygen atoms in total. The fourth-order valence-electron chi connectivity index (χ4n) is 2.34. The van der Waals surface area contributed by atoms with Crippen LogP contribution < -0.4 is 0 Å². The van der Waals surface area contributed by atoms with Crippen LogP contribution in [-0.2, 0) is 23.9 Å². The van der Waals surface area contributed by atoms with E-state index in [1.54, 1.807) is 6.08 Å². The summed E-state index contributed by atoms with van der Waals surface area (Å²) in [5, 5.41) is 0. The highest BCUT2D eigenvalue weighted by molar-refractivity contribution is 6.16. The molecular formula is C17H24O5. The monoisotopic (exact) mass is 308 g/mol. The zero-order valence-corrected chi connectivity index (χ0v) is 13.4. The Morgan fingerprint density at radius 2 is 1.55 bits per heavy atom. The first-order valence-corrected chi connectivity index (χ1v) is 7.64. The molecule has 0 spiro atoms. The van der Waals surface area contributed by atoms with E-state index in [-0.39, 0.29) is 36.1 Å². The number of carbonyl (C=O) groups is 3. The van der Waals surface area contributed by atoms with Gasteiger partial charge < -0.3 is 9.47 Å². The Balaban J connectivity index is 2.48. The third-order valence-corrected chi connectivity index (χ3v) is 3.55. The molecule has 1 aliphatic carbocycles. The molecule has 0 aromatic heterocycles. The third-order valence-electron chi connectivity index (χ3n) is 3.55. The zero-order chi connectivity index (χ0) is 16.5. The van der Waals surface area contributed by atoms with Gasteiger partial charge in [-0.2, -0.15) is 0 Å². The molecule has 0 aromatic carbocycles. The summed E-state index contributed by atoms with van der Waals surface area (Å²) in [7, 11) is 0. The van der Waals surface area contributed by atoms with E-state index < -0.39 is 11.9 Å². The maximum absolute atomic E-state index is 12.0. The van der Waals surface area contributed by atoms with Crippen LogP contribution in [0.5, 0.6) is 0 Å². The fourth-order valence-corrected chi connectivity index (χ4v) is 2.34. The lowest BCUT2D eigenvalue weighted by atomic mass is 9.87. The molecule has 5 heteroatoms. The Bertz CT molecular complexity index is 469. The molecule has 0 saturated heterocycles. The van der Waals surface area contributed by atoms with Crippen LogP contribution in [0.2, 0.25) is 0 Å². The van der Waals surface area contributed by atoms with E-state index in [4.69, 9.17) is 9.47 Å². The maximum atomic E-state index is 12.0. The van der Waals surface area contributed by atoms with Gasteiger partial charge in [-0.25, -0.2) is 9.59 Å². The van der Waals surface area contributed by atoms with E-state index in [0.29, 0.717) is 0 Å². The van der Waals surface area contributed by atoms with Crippen molar-refractivity contribution < 1.29 is 23.9 Å². The fraction of sp³-hybridized carbons (Fsp3) is 0.588. The first-order valence-electron chi connectivity index (χ1n) is 7.64. The average Bonchev–Trinajstić information content (AvgIpc) is 2.49. The summed E-state index contributed by atoms with van der Waals surface area (Å²) < 4.78 is 9.83. The quantitative estimate of drug-likeness (QED) is 0.238. The molecule has 1 saturated carbocycles. The highest BCUT2D eigenvalue weighted by Crippen LogP contribution is 2.26. The van der Waals surface area contributed by atoms with Crippen LogP contribution in [-0.4, -0.2) is 30.9 Å². The summed E-state index contributed by atoms with van der Waals surface area (Å²) in [5.74, 6) is -1.21. The minimum atomic E-state index is -0.649. The molecule has 0 amide bonds. The first-order chi connectivity index (χ1) is 10.4. The minimum Gasteiger partial charge on any atom is -0.459 e. The van der Waals surface area contributed by atoms with Crippen molar-refractivity contribution in [2.24, 2.45) is 5.92 Å². The maximum Gasteiger partial charge on any atom is 0.341 e. The lowest BCUT2D eigenvalue weighted by Crippen LogP contribution is -2.19. The highest BCUT2D eigenvalue weighted by Gasteiger charge is 2.20. The molecule has 1 aliphatic rings. The molecule has 0 unspecified atom stereocenters. The van der Waals surface area contributed by atoms with Crippen LogP contribution in [0.4, 0.5) is 0 Å². The van der Waals surface area contributed by atoms with Crippen molar-refractivity contribution in [1.29, 1.82) is 0 Å². The average molecular weight is 308 g/mol. The predicted molar refractivity (Wildman–Crippen MR) is 82.1 cm³/mol. The third kappa shape index (κ3) is 6.24. The molecule has 0 aromatic rings. The van der Waals surface area contributed by atoms with Gasteiger partial charge in [-0.15, -0.1) is 0 Å².